The van der Waals surface area contributed by atoms with Crippen molar-refractivity contribution in [1.29, 1.82) is 0 Å². The fourth-order valence-corrected chi connectivity index (χ4v) is 4.20. The summed E-state index contributed by atoms with van der Waals surface area (Å²) in [5, 5.41) is 2.75. The number of piperidine rings is 1. The minimum absolute atomic E-state index is 0.0298. The van der Waals surface area contributed by atoms with E-state index in [4.69, 9.17) is 10.5 Å². The predicted octanol–water partition coefficient (Wildman–Crippen LogP) is 1.86. The van der Waals surface area contributed by atoms with E-state index in [1.54, 1.807) is 12.0 Å². The Morgan fingerprint density at radius 3 is 2.19 bits per heavy atom. The molecule has 144 valence electrons. The SMILES string of the molecule is COc1ccc(CCNC(=O)C(=O)N2C(C)(C)CC(N)CC2(C)C)cc1. The lowest BCUT2D eigenvalue weighted by Gasteiger charge is -2.54. The second-order valence-corrected chi connectivity index (χ2v) is 8.29. The molecule has 1 heterocycles. The highest BCUT2D eigenvalue weighted by Crippen LogP contribution is 2.37. The standard InChI is InChI=1S/C20H31N3O3/c1-19(2)12-15(21)13-20(3,4)23(19)18(25)17(24)22-11-10-14-6-8-16(26-5)9-7-14/h6-9,15H,10-13,21H2,1-5H3,(H,22,24). The van der Waals surface area contributed by atoms with Crippen molar-refractivity contribution >= 4 is 11.8 Å². The Labute approximate surface area is 156 Å². The molecule has 0 atom stereocenters. The first kappa shape index (κ1) is 20.2. The highest BCUT2D eigenvalue weighted by molar-refractivity contribution is 6.35. The van der Waals surface area contributed by atoms with Gasteiger partial charge in [0.1, 0.15) is 5.75 Å². The average Bonchev–Trinajstić information content (AvgIpc) is 2.52. The van der Waals surface area contributed by atoms with Gasteiger partial charge >= 0.3 is 11.8 Å². The quantitative estimate of drug-likeness (QED) is 0.802. The van der Waals surface area contributed by atoms with Gasteiger partial charge in [-0.2, -0.15) is 0 Å². The Morgan fingerprint density at radius 1 is 1.15 bits per heavy atom. The van der Waals surface area contributed by atoms with Crippen LogP contribution in [0.5, 0.6) is 5.75 Å². The third-order valence-electron chi connectivity index (χ3n) is 4.99. The van der Waals surface area contributed by atoms with Crippen LogP contribution in [0.2, 0.25) is 0 Å². The van der Waals surface area contributed by atoms with Crippen LogP contribution in [0.25, 0.3) is 0 Å². The molecule has 1 aliphatic heterocycles. The Morgan fingerprint density at radius 2 is 1.69 bits per heavy atom. The first-order valence-corrected chi connectivity index (χ1v) is 9.08. The molecule has 1 aliphatic rings. The van der Waals surface area contributed by atoms with Gasteiger partial charge in [-0.05, 0) is 64.7 Å². The van der Waals surface area contributed by atoms with Crippen LogP contribution >= 0.6 is 0 Å². The van der Waals surface area contributed by atoms with Crippen molar-refractivity contribution in [2.24, 2.45) is 5.73 Å². The van der Waals surface area contributed by atoms with Gasteiger partial charge in [0.05, 0.1) is 7.11 Å². The highest BCUT2D eigenvalue weighted by Gasteiger charge is 2.48. The summed E-state index contributed by atoms with van der Waals surface area (Å²) in [5.74, 6) is -0.252. The third-order valence-corrected chi connectivity index (χ3v) is 4.99. The largest absolute Gasteiger partial charge is 0.497 e. The van der Waals surface area contributed by atoms with E-state index in [1.807, 2.05) is 52.0 Å². The summed E-state index contributed by atoms with van der Waals surface area (Å²) in [4.78, 5) is 27.0. The van der Waals surface area contributed by atoms with E-state index in [-0.39, 0.29) is 6.04 Å². The first-order chi connectivity index (χ1) is 12.1. The van der Waals surface area contributed by atoms with E-state index in [0.717, 1.165) is 11.3 Å². The van der Waals surface area contributed by atoms with Gasteiger partial charge in [-0.25, -0.2) is 0 Å². The molecule has 1 fully saturated rings. The first-order valence-electron chi connectivity index (χ1n) is 9.08. The van der Waals surface area contributed by atoms with Crippen molar-refractivity contribution in [1.82, 2.24) is 10.2 Å². The molecule has 0 aliphatic carbocycles. The van der Waals surface area contributed by atoms with Crippen LogP contribution in [0, 0.1) is 0 Å². The maximum atomic E-state index is 12.8. The van der Waals surface area contributed by atoms with Crippen molar-refractivity contribution < 1.29 is 14.3 Å². The van der Waals surface area contributed by atoms with Crippen LogP contribution in [0.4, 0.5) is 0 Å². The summed E-state index contributed by atoms with van der Waals surface area (Å²) in [6.07, 6.45) is 2.02. The van der Waals surface area contributed by atoms with Gasteiger partial charge in [0.15, 0.2) is 0 Å². The van der Waals surface area contributed by atoms with Gasteiger partial charge in [-0.15, -0.1) is 0 Å². The minimum Gasteiger partial charge on any atom is -0.497 e. The van der Waals surface area contributed by atoms with Crippen LogP contribution in [-0.2, 0) is 16.0 Å². The normalized spacial score (nSPS) is 19.1. The van der Waals surface area contributed by atoms with Crippen molar-refractivity contribution in [3.63, 3.8) is 0 Å². The zero-order valence-electron chi connectivity index (χ0n) is 16.5. The minimum atomic E-state index is -0.560. The summed E-state index contributed by atoms with van der Waals surface area (Å²) < 4.78 is 5.13. The second kappa shape index (κ2) is 7.66. The lowest BCUT2D eigenvalue weighted by atomic mass is 9.77. The van der Waals surface area contributed by atoms with E-state index in [0.29, 0.717) is 25.8 Å². The number of carbonyl (C=O) groups excluding carboxylic acids is 2. The molecule has 2 rings (SSSR count). The monoisotopic (exact) mass is 361 g/mol. The Balaban J connectivity index is 1.96. The number of nitrogens with two attached hydrogens (primary N) is 1. The molecule has 6 heteroatoms. The lowest BCUT2D eigenvalue weighted by Crippen LogP contribution is -2.67. The zero-order valence-corrected chi connectivity index (χ0v) is 16.5. The maximum absolute atomic E-state index is 12.8. The molecule has 2 amide bonds. The molecule has 0 saturated carbocycles. The van der Waals surface area contributed by atoms with Crippen molar-refractivity contribution in [3.05, 3.63) is 29.8 Å². The molecule has 0 aromatic heterocycles. The summed E-state index contributed by atoms with van der Waals surface area (Å²) >= 11 is 0. The Kier molecular flexibility index (Phi) is 5.96. The lowest BCUT2D eigenvalue weighted by molar-refractivity contribution is -0.159. The fraction of sp³-hybridized carbons (Fsp3) is 0.600. The van der Waals surface area contributed by atoms with E-state index >= 15 is 0 Å². The second-order valence-electron chi connectivity index (χ2n) is 8.29. The summed E-state index contributed by atoms with van der Waals surface area (Å²) in [6, 6.07) is 7.69. The van der Waals surface area contributed by atoms with Crippen LogP contribution in [0.15, 0.2) is 24.3 Å². The smallest absolute Gasteiger partial charge is 0.312 e. The van der Waals surface area contributed by atoms with Crippen LogP contribution in [0.1, 0.15) is 46.1 Å². The molecule has 0 radical (unpaired) electrons. The molecular formula is C20H31N3O3. The van der Waals surface area contributed by atoms with E-state index in [1.165, 1.54) is 0 Å². The number of likely N-dealkylation sites (tertiary alicyclic amines) is 1. The highest BCUT2D eigenvalue weighted by atomic mass is 16.5. The Bertz CT molecular complexity index is 635. The summed E-state index contributed by atoms with van der Waals surface area (Å²) in [6.45, 7) is 8.28. The summed E-state index contributed by atoms with van der Waals surface area (Å²) in [5.41, 5.74) is 6.31. The fourth-order valence-electron chi connectivity index (χ4n) is 4.20. The molecule has 6 nitrogen and oxygen atoms in total. The van der Waals surface area contributed by atoms with Crippen molar-refractivity contribution in [2.45, 2.75) is 64.1 Å². The molecule has 0 spiro atoms. The summed E-state index contributed by atoms with van der Waals surface area (Å²) in [7, 11) is 1.62. The van der Waals surface area contributed by atoms with Crippen LogP contribution < -0.4 is 15.8 Å². The number of methoxy groups -OCH3 is 1. The van der Waals surface area contributed by atoms with Gasteiger partial charge in [0.25, 0.3) is 0 Å². The van der Waals surface area contributed by atoms with Crippen molar-refractivity contribution in [2.75, 3.05) is 13.7 Å². The van der Waals surface area contributed by atoms with Gasteiger partial charge < -0.3 is 20.7 Å². The van der Waals surface area contributed by atoms with Gasteiger partial charge in [-0.3, -0.25) is 9.59 Å². The van der Waals surface area contributed by atoms with E-state index in [2.05, 4.69) is 5.32 Å². The number of nitrogens with one attached hydrogen (secondary N) is 1. The van der Waals surface area contributed by atoms with Crippen LogP contribution in [0.3, 0.4) is 0 Å². The number of ether oxygens (including phenoxy) is 1. The number of rotatable bonds is 4. The molecule has 1 aromatic carbocycles. The Hall–Kier alpha value is -2.08. The molecule has 1 saturated heterocycles. The van der Waals surface area contributed by atoms with Gasteiger partial charge in [-0.1, -0.05) is 12.1 Å². The third kappa shape index (κ3) is 4.55. The average molecular weight is 361 g/mol. The van der Waals surface area contributed by atoms with Crippen LogP contribution in [-0.4, -0.2) is 47.5 Å². The van der Waals surface area contributed by atoms with E-state index in [9.17, 15) is 9.59 Å². The maximum Gasteiger partial charge on any atom is 0.312 e. The number of carbonyl (C=O) groups is 2. The number of benzene rings is 1. The molecule has 3 N–H and O–H groups in total. The van der Waals surface area contributed by atoms with Gasteiger partial charge in [0, 0.05) is 23.7 Å². The van der Waals surface area contributed by atoms with Gasteiger partial charge in [0.2, 0.25) is 0 Å². The predicted molar refractivity (Wildman–Crippen MR) is 102 cm³/mol. The molecule has 26 heavy (non-hydrogen) atoms. The van der Waals surface area contributed by atoms with E-state index < -0.39 is 22.9 Å². The van der Waals surface area contributed by atoms with Crippen molar-refractivity contribution in [3.8, 4) is 5.75 Å². The number of nitrogens with zero attached hydrogens (tertiary/aromatic N) is 1. The topological polar surface area (TPSA) is 84.7 Å². The number of hydrogen-bond donors (Lipinski definition) is 2. The zero-order chi connectivity index (χ0) is 19.5. The number of hydrogen-bond acceptors (Lipinski definition) is 4. The number of amides is 2. The molecule has 0 bridgehead atoms. The molecule has 1 aromatic rings. The molecular weight excluding hydrogens is 330 g/mol. The molecule has 0 unspecified atom stereocenters.